The van der Waals surface area contributed by atoms with Crippen LogP contribution in [0.15, 0.2) is 128 Å². The molecule has 0 atom stereocenters. The van der Waals surface area contributed by atoms with Crippen LogP contribution in [0, 0.1) is 0 Å². The van der Waals surface area contributed by atoms with Crippen molar-refractivity contribution in [2.75, 3.05) is 0 Å². The number of pyridine rings is 2. The number of nitrogens with zero attached hydrogens (tertiary/aromatic N) is 2. The molecule has 0 saturated heterocycles. The molecule has 0 bridgehead atoms. The molecule has 0 unspecified atom stereocenters. The van der Waals surface area contributed by atoms with Crippen molar-refractivity contribution >= 4 is 0 Å². The van der Waals surface area contributed by atoms with Crippen molar-refractivity contribution in [2.24, 2.45) is 0 Å². The SMILES string of the molecule is c1ccc(-c2cc(-c3ccccc3)[n+](Cc3ccccn3)c(-c3ccccc3)c2)cc1. The van der Waals surface area contributed by atoms with Gasteiger partial charge < -0.3 is 0 Å². The first-order valence-electron chi connectivity index (χ1n) is 10.5. The van der Waals surface area contributed by atoms with Crippen LogP contribution in [0.4, 0.5) is 0 Å². The molecular formula is C29H23N2+. The highest BCUT2D eigenvalue weighted by Gasteiger charge is 2.23. The third kappa shape index (κ3) is 4.15. The molecule has 2 heterocycles. The van der Waals surface area contributed by atoms with E-state index >= 15 is 0 Å². The maximum Gasteiger partial charge on any atom is 0.213 e. The van der Waals surface area contributed by atoms with Crippen LogP contribution in [0.1, 0.15) is 5.69 Å². The molecule has 0 spiro atoms. The minimum atomic E-state index is 0.699. The predicted octanol–water partition coefficient (Wildman–Crippen LogP) is 6.42. The first-order valence-corrected chi connectivity index (χ1v) is 10.5. The van der Waals surface area contributed by atoms with Crippen LogP contribution in [0.5, 0.6) is 0 Å². The molecule has 5 rings (SSSR count). The van der Waals surface area contributed by atoms with Gasteiger partial charge in [0.05, 0.1) is 0 Å². The Kier molecular flexibility index (Phi) is 5.36. The van der Waals surface area contributed by atoms with Crippen molar-refractivity contribution in [1.29, 1.82) is 0 Å². The summed E-state index contributed by atoms with van der Waals surface area (Å²) in [5, 5.41) is 0. The van der Waals surface area contributed by atoms with E-state index in [1.54, 1.807) is 0 Å². The molecule has 0 aliphatic carbocycles. The van der Waals surface area contributed by atoms with Gasteiger partial charge in [-0.3, -0.25) is 4.98 Å². The Morgan fingerprint density at radius 1 is 0.484 bits per heavy atom. The number of aromatic nitrogens is 2. The summed E-state index contributed by atoms with van der Waals surface area (Å²) in [5.74, 6) is 0. The average molecular weight is 400 g/mol. The summed E-state index contributed by atoms with van der Waals surface area (Å²) in [6.07, 6.45) is 1.86. The molecule has 0 amide bonds. The lowest BCUT2D eigenvalue weighted by Crippen LogP contribution is -2.40. The third-order valence-electron chi connectivity index (χ3n) is 5.46. The standard InChI is InChI=1S/C29H23N2/c1-4-12-23(13-5-1)26-20-28(24-14-6-2-7-15-24)31(22-27-18-10-11-19-30-27)29(21-26)25-16-8-3-9-17-25/h1-21H,22H2/q+1. The Morgan fingerprint density at radius 3 is 1.45 bits per heavy atom. The first-order chi connectivity index (χ1) is 15.4. The van der Waals surface area contributed by atoms with Crippen LogP contribution in [0.3, 0.4) is 0 Å². The van der Waals surface area contributed by atoms with Gasteiger partial charge in [-0.15, -0.1) is 0 Å². The number of hydrogen-bond donors (Lipinski definition) is 0. The second-order valence-electron chi connectivity index (χ2n) is 7.52. The number of hydrogen-bond acceptors (Lipinski definition) is 1. The minimum Gasteiger partial charge on any atom is -0.255 e. The van der Waals surface area contributed by atoms with Crippen molar-refractivity contribution in [3.05, 3.63) is 133 Å². The van der Waals surface area contributed by atoms with Gasteiger partial charge in [0.15, 0.2) is 6.54 Å². The van der Waals surface area contributed by atoms with E-state index in [2.05, 4.69) is 119 Å². The molecule has 31 heavy (non-hydrogen) atoms. The van der Waals surface area contributed by atoms with Gasteiger partial charge in [0.25, 0.3) is 0 Å². The molecule has 0 fully saturated rings. The van der Waals surface area contributed by atoms with Gasteiger partial charge in [0.1, 0.15) is 5.69 Å². The number of rotatable bonds is 5. The minimum absolute atomic E-state index is 0.699. The van der Waals surface area contributed by atoms with Gasteiger partial charge in [-0.2, -0.15) is 4.57 Å². The second kappa shape index (κ2) is 8.76. The van der Waals surface area contributed by atoms with Crippen LogP contribution < -0.4 is 4.57 Å². The molecule has 5 aromatic rings. The zero-order valence-electron chi connectivity index (χ0n) is 17.2. The van der Waals surface area contributed by atoms with E-state index < -0.39 is 0 Å². The smallest absolute Gasteiger partial charge is 0.213 e. The van der Waals surface area contributed by atoms with E-state index in [0.29, 0.717) is 6.54 Å². The Bertz CT molecular complexity index is 1210. The van der Waals surface area contributed by atoms with Gasteiger partial charge in [-0.25, -0.2) is 0 Å². The molecule has 2 heteroatoms. The van der Waals surface area contributed by atoms with Gasteiger partial charge in [-0.1, -0.05) is 72.8 Å². The Balaban J connectivity index is 1.79. The normalized spacial score (nSPS) is 10.7. The van der Waals surface area contributed by atoms with Crippen molar-refractivity contribution in [2.45, 2.75) is 6.54 Å². The van der Waals surface area contributed by atoms with Crippen molar-refractivity contribution in [3.63, 3.8) is 0 Å². The molecule has 2 nitrogen and oxygen atoms in total. The molecule has 0 aliphatic heterocycles. The topological polar surface area (TPSA) is 16.8 Å². The van der Waals surface area contributed by atoms with Gasteiger partial charge in [-0.05, 0) is 47.5 Å². The fourth-order valence-corrected chi connectivity index (χ4v) is 3.94. The van der Waals surface area contributed by atoms with Crippen LogP contribution in [0.25, 0.3) is 33.6 Å². The van der Waals surface area contributed by atoms with Gasteiger partial charge in [0, 0.05) is 29.5 Å². The number of benzene rings is 3. The zero-order chi connectivity index (χ0) is 20.9. The van der Waals surface area contributed by atoms with Crippen LogP contribution >= 0.6 is 0 Å². The lowest BCUT2D eigenvalue weighted by Gasteiger charge is -2.13. The second-order valence-corrected chi connectivity index (χ2v) is 7.52. The molecule has 0 radical (unpaired) electrons. The maximum atomic E-state index is 4.60. The van der Waals surface area contributed by atoms with Crippen LogP contribution in [-0.2, 0) is 6.54 Å². The third-order valence-corrected chi connectivity index (χ3v) is 5.46. The highest BCUT2D eigenvalue weighted by molar-refractivity contribution is 5.73. The van der Waals surface area contributed by atoms with Crippen LogP contribution in [0.2, 0.25) is 0 Å². The molecular weight excluding hydrogens is 376 g/mol. The molecule has 0 aliphatic rings. The quantitative estimate of drug-likeness (QED) is 0.312. The lowest BCUT2D eigenvalue weighted by atomic mass is 9.99. The molecule has 2 aromatic heterocycles. The van der Waals surface area contributed by atoms with E-state index in [-0.39, 0.29) is 0 Å². The van der Waals surface area contributed by atoms with E-state index in [0.717, 1.165) is 5.69 Å². The summed E-state index contributed by atoms with van der Waals surface area (Å²) in [6.45, 7) is 0.699. The summed E-state index contributed by atoms with van der Waals surface area (Å²) in [7, 11) is 0. The van der Waals surface area contributed by atoms with Crippen LogP contribution in [-0.4, -0.2) is 4.98 Å². The molecule has 148 valence electrons. The highest BCUT2D eigenvalue weighted by Crippen LogP contribution is 2.29. The monoisotopic (exact) mass is 399 g/mol. The summed E-state index contributed by atoms with van der Waals surface area (Å²) in [4.78, 5) is 4.60. The average Bonchev–Trinajstić information content (AvgIpc) is 2.86. The summed E-state index contributed by atoms with van der Waals surface area (Å²) < 4.78 is 2.37. The van der Waals surface area contributed by atoms with E-state index in [1.165, 1.54) is 33.6 Å². The summed E-state index contributed by atoms with van der Waals surface area (Å²) in [5.41, 5.74) is 8.17. The summed E-state index contributed by atoms with van der Waals surface area (Å²) in [6, 6.07) is 42.5. The molecule has 3 aromatic carbocycles. The Hall–Kier alpha value is -4.04. The van der Waals surface area contributed by atoms with Gasteiger partial charge >= 0.3 is 0 Å². The van der Waals surface area contributed by atoms with E-state index in [1.807, 2.05) is 18.3 Å². The fourth-order valence-electron chi connectivity index (χ4n) is 3.94. The maximum absolute atomic E-state index is 4.60. The Morgan fingerprint density at radius 2 is 0.968 bits per heavy atom. The van der Waals surface area contributed by atoms with Crippen molar-refractivity contribution in [3.8, 4) is 33.6 Å². The molecule has 0 saturated carbocycles. The van der Waals surface area contributed by atoms with Gasteiger partial charge in [0.2, 0.25) is 11.4 Å². The Labute approximate surface area is 183 Å². The summed E-state index contributed by atoms with van der Waals surface area (Å²) >= 11 is 0. The van der Waals surface area contributed by atoms with E-state index in [4.69, 9.17) is 0 Å². The highest BCUT2D eigenvalue weighted by atomic mass is 15.0. The first kappa shape index (κ1) is 19.0. The lowest BCUT2D eigenvalue weighted by molar-refractivity contribution is -0.667. The zero-order valence-corrected chi connectivity index (χ0v) is 17.2. The molecule has 0 N–H and O–H groups in total. The van der Waals surface area contributed by atoms with Crippen molar-refractivity contribution < 1.29 is 4.57 Å². The van der Waals surface area contributed by atoms with Crippen molar-refractivity contribution in [1.82, 2.24) is 4.98 Å². The predicted molar refractivity (Wildman–Crippen MR) is 126 cm³/mol. The fraction of sp³-hybridized carbons (Fsp3) is 0.0345. The van der Waals surface area contributed by atoms with E-state index in [9.17, 15) is 0 Å². The largest absolute Gasteiger partial charge is 0.255 e.